The zero-order chi connectivity index (χ0) is 10.9. The van der Waals surface area contributed by atoms with Gasteiger partial charge in [-0.15, -0.1) is 0 Å². The van der Waals surface area contributed by atoms with Gasteiger partial charge in [-0.2, -0.15) is 18.4 Å². The average Bonchev–Trinajstić information content (AvgIpc) is 2.07. The minimum Gasteiger partial charge on any atom is -0.192 e. The molecular formula is C8H2Br2F3N. The molecule has 0 spiro atoms. The molecule has 6 heteroatoms. The van der Waals surface area contributed by atoms with Gasteiger partial charge in [-0.1, -0.05) is 0 Å². The Labute approximate surface area is 94.8 Å². The van der Waals surface area contributed by atoms with E-state index in [-0.39, 0.29) is 14.5 Å². The molecule has 0 radical (unpaired) electrons. The summed E-state index contributed by atoms with van der Waals surface area (Å²) in [4.78, 5) is 0. The Morgan fingerprint density at radius 1 is 1.21 bits per heavy atom. The van der Waals surface area contributed by atoms with Crippen LogP contribution in [0.25, 0.3) is 0 Å². The van der Waals surface area contributed by atoms with Gasteiger partial charge in [-0.3, -0.25) is 0 Å². The summed E-state index contributed by atoms with van der Waals surface area (Å²) in [6.45, 7) is 0. The number of benzene rings is 1. The third kappa shape index (κ3) is 2.28. The Hall–Kier alpha value is -0.540. The van der Waals surface area contributed by atoms with E-state index in [0.717, 1.165) is 6.07 Å². The molecule has 0 heterocycles. The summed E-state index contributed by atoms with van der Waals surface area (Å²) in [5.41, 5.74) is -0.893. The van der Waals surface area contributed by atoms with Gasteiger partial charge in [0.05, 0.1) is 17.2 Å². The van der Waals surface area contributed by atoms with Gasteiger partial charge in [-0.05, 0) is 44.0 Å². The van der Waals surface area contributed by atoms with Crippen LogP contribution in [0.4, 0.5) is 13.2 Å². The highest BCUT2D eigenvalue weighted by Crippen LogP contribution is 2.39. The summed E-state index contributed by atoms with van der Waals surface area (Å²) in [6, 6.07) is 3.78. The maximum absolute atomic E-state index is 12.4. The van der Waals surface area contributed by atoms with Crippen molar-refractivity contribution in [2.45, 2.75) is 6.18 Å². The fourth-order valence-corrected chi connectivity index (χ4v) is 1.77. The second-order valence-electron chi connectivity index (χ2n) is 2.43. The van der Waals surface area contributed by atoms with E-state index in [9.17, 15) is 13.2 Å². The third-order valence-electron chi connectivity index (χ3n) is 1.46. The van der Waals surface area contributed by atoms with Crippen molar-refractivity contribution in [1.82, 2.24) is 0 Å². The summed E-state index contributed by atoms with van der Waals surface area (Å²) < 4.78 is 37.3. The molecule has 14 heavy (non-hydrogen) atoms. The average molecular weight is 329 g/mol. The van der Waals surface area contributed by atoms with Crippen LogP contribution >= 0.6 is 31.9 Å². The summed E-state index contributed by atoms with van der Waals surface area (Å²) >= 11 is 5.74. The number of hydrogen-bond donors (Lipinski definition) is 0. The van der Waals surface area contributed by atoms with Crippen molar-refractivity contribution >= 4 is 31.9 Å². The van der Waals surface area contributed by atoms with E-state index in [2.05, 4.69) is 31.9 Å². The van der Waals surface area contributed by atoms with Crippen LogP contribution in [0.5, 0.6) is 0 Å². The van der Waals surface area contributed by atoms with Gasteiger partial charge >= 0.3 is 6.18 Å². The standard InChI is InChI=1S/C8H2Br2F3N/c9-6-2-4(3-14)1-5(7(6)10)8(11,12)13/h1-2H. The fourth-order valence-electron chi connectivity index (χ4n) is 0.860. The molecule has 0 atom stereocenters. The number of halogens is 5. The van der Waals surface area contributed by atoms with Crippen LogP contribution < -0.4 is 0 Å². The Bertz CT molecular complexity index is 406. The van der Waals surface area contributed by atoms with Crippen molar-refractivity contribution in [2.24, 2.45) is 0 Å². The first-order valence-corrected chi connectivity index (χ1v) is 4.91. The van der Waals surface area contributed by atoms with Gasteiger partial charge < -0.3 is 0 Å². The van der Waals surface area contributed by atoms with E-state index < -0.39 is 11.7 Å². The van der Waals surface area contributed by atoms with Crippen molar-refractivity contribution in [3.8, 4) is 6.07 Å². The molecule has 0 unspecified atom stereocenters. The number of alkyl halides is 3. The monoisotopic (exact) mass is 327 g/mol. The van der Waals surface area contributed by atoms with Crippen molar-refractivity contribution < 1.29 is 13.2 Å². The first kappa shape index (κ1) is 11.5. The van der Waals surface area contributed by atoms with Crippen LogP contribution in [0.2, 0.25) is 0 Å². The summed E-state index contributed by atoms with van der Waals surface area (Å²) in [6.07, 6.45) is -4.46. The smallest absolute Gasteiger partial charge is 0.192 e. The van der Waals surface area contributed by atoms with E-state index in [4.69, 9.17) is 5.26 Å². The van der Waals surface area contributed by atoms with Crippen molar-refractivity contribution in [2.75, 3.05) is 0 Å². The molecule has 0 aromatic heterocycles. The highest BCUT2D eigenvalue weighted by atomic mass is 79.9. The van der Waals surface area contributed by atoms with Crippen LogP contribution in [0.15, 0.2) is 21.1 Å². The molecule has 1 nitrogen and oxygen atoms in total. The Balaban J connectivity index is 3.44. The highest BCUT2D eigenvalue weighted by molar-refractivity contribution is 9.13. The van der Waals surface area contributed by atoms with Crippen LogP contribution in [0.3, 0.4) is 0 Å². The van der Waals surface area contributed by atoms with E-state index in [1.807, 2.05) is 0 Å². The molecule has 0 aliphatic rings. The number of rotatable bonds is 0. The lowest BCUT2D eigenvalue weighted by Crippen LogP contribution is -2.06. The molecule has 1 aromatic carbocycles. The van der Waals surface area contributed by atoms with Gasteiger partial charge in [0.1, 0.15) is 0 Å². The zero-order valence-electron chi connectivity index (χ0n) is 6.49. The maximum Gasteiger partial charge on any atom is 0.417 e. The maximum atomic E-state index is 12.4. The summed E-state index contributed by atoms with van der Waals surface area (Å²) in [7, 11) is 0. The molecule has 0 fully saturated rings. The Morgan fingerprint density at radius 2 is 1.79 bits per heavy atom. The largest absolute Gasteiger partial charge is 0.417 e. The lowest BCUT2D eigenvalue weighted by molar-refractivity contribution is -0.138. The lowest BCUT2D eigenvalue weighted by atomic mass is 10.1. The highest BCUT2D eigenvalue weighted by Gasteiger charge is 2.34. The molecule has 74 valence electrons. The van der Waals surface area contributed by atoms with Crippen LogP contribution in [0.1, 0.15) is 11.1 Å². The summed E-state index contributed by atoms with van der Waals surface area (Å²) in [5, 5.41) is 8.49. The molecule has 0 amide bonds. The fraction of sp³-hybridized carbons (Fsp3) is 0.125. The zero-order valence-corrected chi connectivity index (χ0v) is 9.66. The minimum absolute atomic E-state index is 0.0348. The lowest BCUT2D eigenvalue weighted by Gasteiger charge is -2.10. The normalized spacial score (nSPS) is 11.1. The second kappa shape index (κ2) is 3.91. The number of nitrogens with zero attached hydrogens (tertiary/aromatic N) is 1. The second-order valence-corrected chi connectivity index (χ2v) is 4.08. The van der Waals surface area contributed by atoms with Gasteiger partial charge in [0.2, 0.25) is 0 Å². The molecule has 0 aliphatic carbocycles. The molecule has 0 saturated heterocycles. The van der Waals surface area contributed by atoms with Gasteiger partial charge in [-0.25, -0.2) is 0 Å². The predicted molar refractivity (Wildman–Crippen MR) is 51.6 cm³/mol. The molecule has 0 bridgehead atoms. The predicted octanol–water partition coefficient (Wildman–Crippen LogP) is 4.10. The number of hydrogen-bond acceptors (Lipinski definition) is 1. The SMILES string of the molecule is N#Cc1cc(Br)c(Br)c(C(F)(F)F)c1. The van der Waals surface area contributed by atoms with Gasteiger partial charge in [0, 0.05) is 8.95 Å². The van der Waals surface area contributed by atoms with E-state index in [1.54, 1.807) is 6.07 Å². The van der Waals surface area contributed by atoms with Gasteiger partial charge in [0.15, 0.2) is 0 Å². The minimum atomic E-state index is -4.46. The van der Waals surface area contributed by atoms with E-state index in [0.29, 0.717) is 0 Å². The molecule has 0 saturated carbocycles. The van der Waals surface area contributed by atoms with Crippen LogP contribution in [-0.4, -0.2) is 0 Å². The molecule has 0 aliphatic heterocycles. The topological polar surface area (TPSA) is 23.8 Å². The molecule has 1 aromatic rings. The van der Waals surface area contributed by atoms with Crippen LogP contribution in [0, 0.1) is 11.3 Å². The Kier molecular flexibility index (Phi) is 3.22. The first-order valence-electron chi connectivity index (χ1n) is 3.32. The van der Waals surface area contributed by atoms with Gasteiger partial charge in [0.25, 0.3) is 0 Å². The first-order chi connectivity index (χ1) is 6.36. The van der Waals surface area contributed by atoms with E-state index >= 15 is 0 Å². The van der Waals surface area contributed by atoms with E-state index in [1.165, 1.54) is 6.07 Å². The quantitative estimate of drug-likeness (QED) is 0.703. The third-order valence-corrected chi connectivity index (χ3v) is 3.47. The van der Waals surface area contributed by atoms with Crippen molar-refractivity contribution in [3.05, 3.63) is 32.2 Å². The molecule has 1 rings (SSSR count). The molecule has 0 N–H and O–H groups in total. The van der Waals surface area contributed by atoms with Crippen molar-refractivity contribution in [3.63, 3.8) is 0 Å². The summed E-state index contributed by atoms with van der Waals surface area (Å²) in [5.74, 6) is 0. The Morgan fingerprint density at radius 3 is 2.21 bits per heavy atom. The van der Waals surface area contributed by atoms with Crippen LogP contribution in [-0.2, 0) is 6.18 Å². The van der Waals surface area contributed by atoms with Crippen molar-refractivity contribution in [1.29, 1.82) is 5.26 Å². The molecular weight excluding hydrogens is 327 g/mol. The number of nitriles is 1.